The lowest BCUT2D eigenvalue weighted by Crippen LogP contribution is -2.21. The normalized spacial score (nSPS) is 11.3. The van der Waals surface area contributed by atoms with Crippen LogP contribution < -0.4 is 10.5 Å². The van der Waals surface area contributed by atoms with E-state index in [1.807, 2.05) is 0 Å². The van der Waals surface area contributed by atoms with Gasteiger partial charge in [0.2, 0.25) is 5.88 Å². The Morgan fingerprint density at radius 1 is 1.23 bits per heavy atom. The first-order chi connectivity index (χ1) is 10.3. The number of nitrogens with two attached hydrogens (primary N) is 1. The van der Waals surface area contributed by atoms with Gasteiger partial charge in [-0.15, -0.1) is 10.2 Å². The number of carbonyl (C=O) groups is 1. The van der Waals surface area contributed by atoms with Crippen LogP contribution in [-0.4, -0.2) is 28.9 Å². The lowest BCUT2D eigenvalue weighted by atomic mass is 10.1. The minimum Gasteiger partial charge on any atom is -0.467 e. The maximum atomic E-state index is 12.3. The summed E-state index contributed by atoms with van der Waals surface area (Å²) in [6.07, 6.45) is -4.53. The lowest BCUT2D eigenvalue weighted by Gasteiger charge is -2.12. The number of ether oxygens (including phenoxy) is 1. The van der Waals surface area contributed by atoms with Crippen LogP contribution in [0.15, 0.2) is 30.3 Å². The summed E-state index contributed by atoms with van der Waals surface area (Å²) >= 11 is 5.76. The van der Waals surface area contributed by atoms with Crippen molar-refractivity contribution in [1.29, 1.82) is 0 Å². The smallest absolute Gasteiger partial charge is 0.422 e. The predicted molar refractivity (Wildman–Crippen MR) is 72.5 cm³/mol. The number of halogens is 4. The molecule has 0 aliphatic rings. The number of alkyl halides is 3. The van der Waals surface area contributed by atoms with Gasteiger partial charge in [0.1, 0.15) is 0 Å². The fourth-order valence-corrected chi connectivity index (χ4v) is 1.72. The number of carbonyl (C=O) groups excluding carboxylic acids is 1. The summed E-state index contributed by atoms with van der Waals surface area (Å²) in [7, 11) is 0. The van der Waals surface area contributed by atoms with Gasteiger partial charge in [-0.3, -0.25) is 4.79 Å². The summed E-state index contributed by atoms with van der Waals surface area (Å²) in [6.45, 7) is -1.53. The molecule has 0 aliphatic heterocycles. The highest BCUT2D eigenvalue weighted by atomic mass is 35.5. The quantitative estimate of drug-likeness (QED) is 0.934. The van der Waals surface area contributed by atoms with Crippen molar-refractivity contribution in [3.63, 3.8) is 0 Å². The molecule has 1 aromatic heterocycles. The van der Waals surface area contributed by atoms with Crippen molar-refractivity contribution in [3.05, 3.63) is 41.0 Å². The molecule has 0 saturated heterocycles. The van der Waals surface area contributed by atoms with Crippen LogP contribution in [0.5, 0.6) is 5.88 Å². The second-order valence-corrected chi connectivity index (χ2v) is 4.66. The minimum absolute atomic E-state index is 0.157. The number of nitrogens with zero attached hydrogens (tertiary/aromatic N) is 2. The molecule has 5 nitrogen and oxygen atoms in total. The lowest BCUT2D eigenvalue weighted by molar-refractivity contribution is -0.154. The van der Waals surface area contributed by atoms with E-state index in [0.717, 1.165) is 0 Å². The van der Waals surface area contributed by atoms with Crippen molar-refractivity contribution in [2.75, 3.05) is 6.61 Å². The zero-order valence-electron chi connectivity index (χ0n) is 10.9. The van der Waals surface area contributed by atoms with Gasteiger partial charge in [-0.05, 0) is 23.8 Å². The van der Waals surface area contributed by atoms with Crippen LogP contribution in [0, 0.1) is 0 Å². The Labute approximate surface area is 127 Å². The molecule has 0 unspecified atom stereocenters. The third-order valence-corrected chi connectivity index (χ3v) is 2.79. The second kappa shape index (κ2) is 6.18. The van der Waals surface area contributed by atoms with Gasteiger partial charge in [0.05, 0.1) is 0 Å². The highest BCUT2D eigenvalue weighted by Gasteiger charge is 2.29. The fraction of sp³-hybridized carbons (Fsp3) is 0.154. The Kier molecular flexibility index (Phi) is 4.51. The Morgan fingerprint density at radius 2 is 1.86 bits per heavy atom. The molecule has 1 heterocycles. The summed E-state index contributed by atoms with van der Waals surface area (Å²) in [5.41, 5.74) is 5.52. The Morgan fingerprint density at radius 3 is 2.41 bits per heavy atom. The van der Waals surface area contributed by atoms with Gasteiger partial charge < -0.3 is 10.5 Å². The molecule has 2 aromatic rings. The van der Waals surface area contributed by atoms with Crippen LogP contribution in [0.1, 0.15) is 10.5 Å². The molecule has 0 fully saturated rings. The molecular weight excluding hydrogens is 323 g/mol. The summed E-state index contributed by atoms with van der Waals surface area (Å²) < 4.78 is 41.5. The number of aromatic nitrogens is 2. The van der Waals surface area contributed by atoms with E-state index in [1.54, 1.807) is 12.1 Å². The van der Waals surface area contributed by atoms with Crippen LogP contribution in [0.3, 0.4) is 0 Å². The summed E-state index contributed by atoms with van der Waals surface area (Å²) in [5, 5.41) is 7.38. The molecule has 116 valence electrons. The molecule has 1 aromatic carbocycles. The number of benzene rings is 1. The first-order valence-corrected chi connectivity index (χ1v) is 6.27. The van der Waals surface area contributed by atoms with E-state index in [4.69, 9.17) is 17.3 Å². The topological polar surface area (TPSA) is 78.1 Å². The second-order valence-electron chi connectivity index (χ2n) is 4.22. The average Bonchev–Trinajstić information content (AvgIpc) is 2.45. The third kappa shape index (κ3) is 4.08. The largest absolute Gasteiger partial charge is 0.467 e. The van der Waals surface area contributed by atoms with Crippen molar-refractivity contribution >= 4 is 17.5 Å². The first kappa shape index (κ1) is 16.0. The van der Waals surface area contributed by atoms with Gasteiger partial charge in [-0.1, -0.05) is 23.7 Å². The summed E-state index contributed by atoms with van der Waals surface area (Å²) in [6, 6.07) is 7.38. The van der Waals surface area contributed by atoms with E-state index in [1.165, 1.54) is 18.2 Å². The minimum atomic E-state index is -4.53. The molecule has 1 amide bonds. The summed E-state index contributed by atoms with van der Waals surface area (Å²) in [4.78, 5) is 11.1. The maximum Gasteiger partial charge on any atom is 0.422 e. The molecule has 0 radical (unpaired) electrons. The van der Waals surface area contributed by atoms with Gasteiger partial charge in [0.25, 0.3) is 5.91 Å². The van der Waals surface area contributed by atoms with Gasteiger partial charge >= 0.3 is 6.18 Å². The zero-order valence-corrected chi connectivity index (χ0v) is 11.6. The predicted octanol–water partition coefficient (Wildman–Crippen LogP) is 2.84. The van der Waals surface area contributed by atoms with Crippen molar-refractivity contribution < 1.29 is 22.7 Å². The van der Waals surface area contributed by atoms with Crippen LogP contribution in [-0.2, 0) is 0 Å². The number of rotatable bonds is 4. The van der Waals surface area contributed by atoms with Crippen molar-refractivity contribution in [2.24, 2.45) is 5.73 Å². The van der Waals surface area contributed by atoms with E-state index in [2.05, 4.69) is 14.9 Å². The number of primary amides is 1. The molecule has 0 bridgehead atoms. The fourth-order valence-electron chi connectivity index (χ4n) is 1.59. The molecule has 0 saturated carbocycles. The molecule has 2 N–H and O–H groups in total. The molecule has 0 aliphatic carbocycles. The molecule has 2 rings (SSSR count). The van der Waals surface area contributed by atoms with Gasteiger partial charge in [0, 0.05) is 10.6 Å². The standard InChI is InChI=1S/C13H9ClF3N3O2/c14-8-3-1-7(2-4-8)9-5-10(11(18)21)19-20-12(9)22-6-13(15,16)17/h1-5H,6H2,(H2,18,21). The number of hydrogen-bond acceptors (Lipinski definition) is 4. The molecule has 22 heavy (non-hydrogen) atoms. The van der Waals surface area contributed by atoms with Crippen LogP contribution in [0.25, 0.3) is 11.1 Å². The highest BCUT2D eigenvalue weighted by molar-refractivity contribution is 6.30. The molecule has 9 heteroatoms. The molecular formula is C13H9ClF3N3O2. The summed E-state index contributed by atoms with van der Waals surface area (Å²) in [5.74, 6) is -1.21. The Hall–Kier alpha value is -2.35. The van der Waals surface area contributed by atoms with E-state index < -0.39 is 18.7 Å². The van der Waals surface area contributed by atoms with Gasteiger partial charge in [-0.25, -0.2) is 0 Å². The maximum absolute atomic E-state index is 12.3. The average molecular weight is 332 g/mol. The number of amides is 1. The first-order valence-electron chi connectivity index (χ1n) is 5.89. The Balaban J connectivity index is 2.44. The third-order valence-electron chi connectivity index (χ3n) is 2.54. The SMILES string of the molecule is NC(=O)c1cc(-c2ccc(Cl)cc2)c(OCC(F)(F)F)nn1. The van der Waals surface area contributed by atoms with Crippen LogP contribution in [0.2, 0.25) is 5.02 Å². The van der Waals surface area contributed by atoms with Crippen molar-refractivity contribution in [2.45, 2.75) is 6.18 Å². The van der Waals surface area contributed by atoms with E-state index in [9.17, 15) is 18.0 Å². The van der Waals surface area contributed by atoms with Crippen LogP contribution >= 0.6 is 11.6 Å². The van der Waals surface area contributed by atoms with E-state index in [0.29, 0.717) is 10.6 Å². The van der Waals surface area contributed by atoms with E-state index >= 15 is 0 Å². The van der Waals surface area contributed by atoms with Crippen molar-refractivity contribution in [1.82, 2.24) is 10.2 Å². The number of hydrogen-bond donors (Lipinski definition) is 1. The van der Waals surface area contributed by atoms with Crippen LogP contribution in [0.4, 0.5) is 13.2 Å². The molecule has 0 spiro atoms. The van der Waals surface area contributed by atoms with Crippen molar-refractivity contribution in [3.8, 4) is 17.0 Å². The molecule has 0 atom stereocenters. The zero-order chi connectivity index (χ0) is 16.3. The van der Waals surface area contributed by atoms with E-state index in [-0.39, 0.29) is 17.1 Å². The highest BCUT2D eigenvalue weighted by Crippen LogP contribution is 2.30. The monoisotopic (exact) mass is 331 g/mol. The Bertz CT molecular complexity index is 690. The van der Waals surface area contributed by atoms with Gasteiger partial charge in [-0.2, -0.15) is 13.2 Å². The van der Waals surface area contributed by atoms with Gasteiger partial charge in [0.15, 0.2) is 12.3 Å².